The van der Waals surface area contributed by atoms with Gasteiger partial charge in [0.2, 0.25) is 9.84 Å². The van der Waals surface area contributed by atoms with Crippen LogP contribution in [0, 0.1) is 5.82 Å². The molecule has 0 amide bonds. The summed E-state index contributed by atoms with van der Waals surface area (Å²) in [6.07, 6.45) is 0. The van der Waals surface area contributed by atoms with Crippen LogP contribution in [0.5, 0.6) is 0 Å². The first kappa shape index (κ1) is 22.1. The van der Waals surface area contributed by atoms with Gasteiger partial charge in [0.25, 0.3) is 5.56 Å². The number of aromatic nitrogens is 2. The number of nitrogens with zero attached hydrogens (tertiary/aromatic N) is 2. The van der Waals surface area contributed by atoms with Gasteiger partial charge in [-0.15, -0.1) is 0 Å². The molecule has 0 radical (unpaired) electrons. The molecule has 1 heterocycles. The van der Waals surface area contributed by atoms with Gasteiger partial charge in [-0.2, -0.15) is 8.78 Å². The fourth-order valence-corrected chi connectivity index (χ4v) is 4.74. The van der Waals surface area contributed by atoms with E-state index in [1.54, 1.807) is 24.3 Å². The van der Waals surface area contributed by atoms with Gasteiger partial charge in [-0.3, -0.25) is 9.36 Å². The highest BCUT2D eigenvalue weighted by Crippen LogP contribution is 2.26. The van der Waals surface area contributed by atoms with Crippen LogP contribution >= 0.6 is 11.8 Å². The molecule has 0 fully saturated rings. The number of fused-ring (bicyclic) bond motifs is 1. The second kappa shape index (κ2) is 8.79. The summed E-state index contributed by atoms with van der Waals surface area (Å²) >= 11 is 1.21. The molecule has 0 aliphatic carbocycles. The van der Waals surface area contributed by atoms with Crippen molar-refractivity contribution in [3.05, 3.63) is 94.5 Å². The number of halogens is 3. The fourth-order valence-electron chi connectivity index (χ4n) is 3.05. The van der Waals surface area contributed by atoms with Gasteiger partial charge in [0.1, 0.15) is 5.82 Å². The Morgan fingerprint density at radius 2 is 1.59 bits per heavy atom. The number of hydrogen-bond acceptors (Lipinski definition) is 5. The first-order chi connectivity index (χ1) is 15.3. The summed E-state index contributed by atoms with van der Waals surface area (Å²) in [6, 6.07) is 17.4. The van der Waals surface area contributed by atoms with Crippen LogP contribution in [-0.4, -0.2) is 23.7 Å². The van der Waals surface area contributed by atoms with Crippen LogP contribution < -0.4 is 5.56 Å². The maximum atomic E-state index is 13.4. The van der Waals surface area contributed by atoms with Crippen molar-refractivity contribution >= 4 is 32.5 Å². The topological polar surface area (TPSA) is 69.0 Å². The van der Waals surface area contributed by atoms with Crippen molar-refractivity contribution in [2.75, 3.05) is 0 Å². The molecule has 0 saturated carbocycles. The molecule has 3 aromatic carbocycles. The first-order valence-corrected chi connectivity index (χ1v) is 11.8. The molecule has 0 saturated heterocycles. The molecular weight excluding hydrogens is 461 g/mol. The smallest absolute Gasteiger partial charge is 0.268 e. The van der Waals surface area contributed by atoms with Crippen molar-refractivity contribution in [3.8, 4) is 5.69 Å². The molecule has 4 rings (SSSR count). The lowest BCUT2D eigenvalue weighted by atomic mass is 10.2. The van der Waals surface area contributed by atoms with Crippen molar-refractivity contribution in [2.45, 2.75) is 21.6 Å². The van der Waals surface area contributed by atoms with E-state index in [0.717, 1.165) is 12.1 Å². The normalized spacial score (nSPS) is 11.9. The van der Waals surface area contributed by atoms with Gasteiger partial charge < -0.3 is 0 Å². The zero-order valence-corrected chi connectivity index (χ0v) is 17.9. The average molecular weight is 477 g/mol. The summed E-state index contributed by atoms with van der Waals surface area (Å²) in [5.74, 6) is -3.64. The lowest BCUT2D eigenvalue weighted by Crippen LogP contribution is -2.21. The third-order valence-electron chi connectivity index (χ3n) is 4.68. The quantitative estimate of drug-likeness (QED) is 0.295. The van der Waals surface area contributed by atoms with Gasteiger partial charge >= 0.3 is 5.76 Å². The molecule has 10 heteroatoms. The second-order valence-corrected chi connectivity index (χ2v) is 9.63. The molecule has 0 aliphatic rings. The lowest BCUT2D eigenvalue weighted by molar-refractivity contribution is 0.234. The number of rotatable bonds is 6. The molecule has 5 nitrogen and oxygen atoms in total. The van der Waals surface area contributed by atoms with E-state index >= 15 is 0 Å². The molecule has 0 aliphatic heterocycles. The Balaban J connectivity index is 1.70. The van der Waals surface area contributed by atoms with E-state index in [-0.39, 0.29) is 5.56 Å². The summed E-state index contributed by atoms with van der Waals surface area (Å²) in [5.41, 5.74) is 1.27. The van der Waals surface area contributed by atoms with Crippen LogP contribution in [-0.2, 0) is 15.6 Å². The van der Waals surface area contributed by atoms with E-state index < -0.39 is 26.3 Å². The third kappa shape index (κ3) is 4.28. The van der Waals surface area contributed by atoms with Gasteiger partial charge in [0.15, 0.2) is 5.16 Å². The van der Waals surface area contributed by atoms with Crippen molar-refractivity contribution in [1.29, 1.82) is 0 Å². The molecule has 164 valence electrons. The van der Waals surface area contributed by atoms with Crippen molar-refractivity contribution in [2.24, 2.45) is 0 Å². The van der Waals surface area contributed by atoms with Crippen LogP contribution in [0.4, 0.5) is 13.2 Å². The van der Waals surface area contributed by atoms with E-state index in [1.165, 1.54) is 52.7 Å². The van der Waals surface area contributed by atoms with Crippen LogP contribution in [0.15, 0.2) is 87.6 Å². The van der Waals surface area contributed by atoms with E-state index in [0.29, 0.717) is 33.1 Å². The molecule has 0 bridgehead atoms. The summed E-state index contributed by atoms with van der Waals surface area (Å²) in [6.45, 7) is 0. The molecular formula is C22H15F3N2O3S2. The van der Waals surface area contributed by atoms with Crippen molar-refractivity contribution in [1.82, 2.24) is 9.55 Å². The van der Waals surface area contributed by atoms with Crippen LogP contribution in [0.25, 0.3) is 16.6 Å². The van der Waals surface area contributed by atoms with Gasteiger partial charge in [0.05, 0.1) is 21.5 Å². The Labute approximate surface area is 185 Å². The zero-order chi connectivity index (χ0) is 22.9. The third-order valence-corrected chi connectivity index (χ3v) is 7.09. The summed E-state index contributed by atoms with van der Waals surface area (Å²) in [5, 5.41) is 0.757. The van der Waals surface area contributed by atoms with Crippen molar-refractivity contribution < 1.29 is 21.6 Å². The molecule has 32 heavy (non-hydrogen) atoms. The highest BCUT2D eigenvalue weighted by atomic mass is 32.2. The molecule has 0 atom stereocenters. The number of hydrogen-bond donors (Lipinski definition) is 0. The number of para-hydroxylation sites is 1. The Bertz CT molecular complexity index is 1440. The van der Waals surface area contributed by atoms with Crippen LogP contribution in [0.3, 0.4) is 0 Å². The van der Waals surface area contributed by atoms with E-state index in [1.807, 2.05) is 0 Å². The monoisotopic (exact) mass is 476 g/mol. The summed E-state index contributed by atoms with van der Waals surface area (Å²) < 4.78 is 63.3. The number of alkyl halides is 2. The Kier molecular flexibility index (Phi) is 6.07. The predicted molar refractivity (Wildman–Crippen MR) is 116 cm³/mol. The minimum atomic E-state index is -4.67. The Morgan fingerprint density at radius 3 is 2.25 bits per heavy atom. The molecule has 4 aromatic rings. The minimum absolute atomic E-state index is 0.293. The maximum Gasteiger partial charge on any atom is 0.341 e. The maximum absolute atomic E-state index is 13.4. The summed E-state index contributed by atoms with van der Waals surface area (Å²) in [4.78, 5) is 17.2. The standard InChI is InChI=1S/C22H15F3N2O3S2/c23-15-7-9-16(10-8-15)27-20(28)18-3-1-2-4-19(18)26-22(27)31-13-14-5-11-17(12-6-14)32(29,30)21(24)25/h1-12,21H,13H2. The van der Waals surface area contributed by atoms with Gasteiger partial charge in [-0.25, -0.2) is 17.8 Å². The Morgan fingerprint density at radius 1 is 0.938 bits per heavy atom. The van der Waals surface area contributed by atoms with Gasteiger partial charge in [0, 0.05) is 5.75 Å². The summed E-state index contributed by atoms with van der Waals surface area (Å²) in [7, 11) is -4.67. The average Bonchev–Trinajstić information content (AvgIpc) is 2.79. The van der Waals surface area contributed by atoms with E-state index in [4.69, 9.17) is 0 Å². The van der Waals surface area contributed by atoms with Crippen LogP contribution in [0.1, 0.15) is 5.56 Å². The zero-order valence-electron chi connectivity index (χ0n) is 16.3. The largest absolute Gasteiger partial charge is 0.341 e. The van der Waals surface area contributed by atoms with Gasteiger partial charge in [-0.1, -0.05) is 36.0 Å². The molecule has 0 N–H and O–H groups in total. The Hall–Kier alpha value is -3.11. The lowest BCUT2D eigenvalue weighted by Gasteiger charge is -2.13. The molecule has 0 spiro atoms. The van der Waals surface area contributed by atoms with E-state index in [9.17, 15) is 26.4 Å². The van der Waals surface area contributed by atoms with E-state index in [2.05, 4.69) is 4.98 Å². The van der Waals surface area contributed by atoms with Crippen molar-refractivity contribution in [3.63, 3.8) is 0 Å². The molecule has 0 unspecified atom stereocenters. The highest BCUT2D eigenvalue weighted by Gasteiger charge is 2.26. The minimum Gasteiger partial charge on any atom is -0.268 e. The number of sulfone groups is 1. The fraction of sp³-hybridized carbons (Fsp3) is 0.0909. The van der Waals surface area contributed by atoms with Crippen LogP contribution in [0.2, 0.25) is 0 Å². The highest BCUT2D eigenvalue weighted by molar-refractivity contribution is 7.98. The first-order valence-electron chi connectivity index (χ1n) is 9.29. The number of benzene rings is 3. The molecule has 1 aromatic heterocycles. The predicted octanol–water partition coefficient (Wildman–Crippen LogP) is 4.81. The number of thioether (sulfide) groups is 1. The van der Waals surface area contributed by atoms with Gasteiger partial charge in [-0.05, 0) is 54.1 Å². The SMILES string of the molecule is O=c1c2ccccc2nc(SCc2ccc(S(=O)(=O)C(F)F)cc2)n1-c1ccc(F)cc1. The second-order valence-electron chi connectivity index (χ2n) is 6.77.